The molecule has 62 valence electrons. The minimum Gasteiger partial charge on any atom is -0.507 e. The van der Waals surface area contributed by atoms with E-state index in [1.165, 1.54) is 12.1 Å². The monoisotopic (exact) mass is 164 g/mol. The standard InChI is InChI=1S/C9H8O3/c1-6-2-7(4-10)3-8(5-11)9(6)12/h2-5,12H,1H3. The zero-order chi connectivity index (χ0) is 9.14. The number of aldehydes is 2. The fraction of sp³-hybridized carbons (Fsp3) is 0.111. The number of hydrogen-bond donors (Lipinski definition) is 1. The largest absolute Gasteiger partial charge is 0.507 e. The van der Waals surface area contributed by atoms with Crippen molar-refractivity contribution in [1.29, 1.82) is 0 Å². The summed E-state index contributed by atoms with van der Waals surface area (Å²) in [6, 6.07) is 2.87. The summed E-state index contributed by atoms with van der Waals surface area (Å²) in [5.41, 5.74) is 1.08. The quantitative estimate of drug-likeness (QED) is 0.671. The molecule has 0 radical (unpaired) electrons. The third-order valence-electron chi connectivity index (χ3n) is 1.62. The minimum absolute atomic E-state index is 0.0596. The van der Waals surface area contributed by atoms with Crippen molar-refractivity contribution in [3.05, 3.63) is 28.8 Å². The van der Waals surface area contributed by atoms with Gasteiger partial charge < -0.3 is 5.11 Å². The lowest BCUT2D eigenvalue weighted by Gasteiger charge is -2.01. The molecule has 12 heavy (non-hydrogen) atoms. The first-order valence-electron chi connectivity index (χ1n) is 3.43. The Hall–Kier alpha value is -1.64. The molecular weight excluding hydrogens is 156 g/mol. The van der Waals surface area contributed by atoms with Crippen molar-refractivity contribution >= 4 is 12.6 Å². The average molecular weight is 164 g/mol. The molecule has 0 bridgehead atoms. The van der Waals surface area contributed by atoms with Gasteiger partial charge in [-0.3, -0.25) is 9.59 Å². The van der Waals surface area contributed by atoms with Gasteiger partial charge in [-0.15, -0.1) is 0 Å². The van der Waals surface area contributed by atoms with Gasteiger partial charge in [0.05, 0.1) is 5.56 Å². The second-order valence-electron chi connectivity index (χ2n) is 2.51. The highest BCUT2D eigenvalue weighted by Crippen LogP contribution is 2.21. The molecule has 0 saturated heterocycles. The van der Waals surface area contributed by atoms with Crippen molar-refractivity contribution in [3.63, 3.8) is 0 Å². The normalized spacial score (nSPS) is 9.42. The smallest absolute Gasteiger partial charge is 0.153 e. The molecule has 0 aliphatic heterocycles. The molecule has 0 fully saturated rings. The van der Waals surface area contributed by atoms with Crippen LogP contribution < -0.4 is 0 Å². The Morgan fingerprint density at radius 3 is 2.42 bits per heavy atom. The summed E-state index contributed by atoms with van der Waals surface area (Å²) < 4.78 is 0. The molecule has 3 heteroatoms. The maximum atomic E-state index is 10.4. The van der Waals surface area contributed by atoms with Crippen LogP contribution in [-0.2, 0) is 0 Å². The summed E-state index contributed by atoms with van der Waals surface area (Å²) >= 11 is 0. The van der Waals surface area contributed by atoms with Gasteiger partial charge in [0.25, 0.3) is 0 Å². The molecule has 0 atom stereocenters. The zero-order valence-corrected chi connectivity index (χ0v) is 6.57. The van der Waals surface area contributed by atoms with E-state index in [1.807, 2.05) is 0 Å². The van der Waals surface area contributed by atoms with Crippen LogP contribution in [0.3, 0.4) is 0 Å². The van der Waals surface area contributed by atoms with E-state index in [0.29, 0.717) is 23.7 Å². The molecule has 0 unspecified atom stereocenters. The Morgan fingerprint density at radius 2 is 1.92 bits per heavy atom. The van der Waals surface area contributed by atoms with Crippen molar-refractivity contribution in [2.45, 2.75) is 6.92 Å². The number of carbonyl (C=O) groups is 2. The fourth-order valence-corrected chi connectivity index (χ4v) is 0.993. The van der Waals surface area contributed by atoms with Crippen molar-refractivity contribution < 1.29 is 14.7 Å². The van der Waals surface area contributed by atoms with Crippen molar-refractivity contribution in [1.82, 2.24) is 0 Å². The summed E-state index contributed by atoms with van der Waals surface area (Å²) in [5.74, 6) is -0.0596. The topological polar surface area (TPSA) is 54.4 Å². The number of carbonyl (C=O) groups excluding carboxylic acids is 2. The Labute approximate surface area is 69.6 Å². The van der Waals surface area contributed by atoms with Crippen LogP contribution in [0.5, 0.6) is 5.75 Å². The SMILES string of the molecule is Cc1cc(C=O)cc(C=O)c1O. The summed E-state index contributed by atoms with van der Waals surface area (Å²) in [6.45, 7) is 1.63. The number of hydrogen-bond acceptors (Lipinski definition) is 3. The summed E-state index contributed by atoms with van der Waals surface area (Å²) in [5, 5.41) is 9.27. The van der Waals surface area contributed by atoms with Crippen molar-refractivity contribution in [2.75, 3.05) is 0 Å². The maximum absolute atomic E-state index is 10.4. The van der Waals surface area contributed by atoms with Crippen LogP contribution >= 0.6 is 0 Å². The van der Waals surface area contributed by atoms with Crippen LogP contribution in [0.2, 0.25) is 0 Å². The highest BCUT2D eigenvalue weighted by Gasteiger charge is 2.04. The molecule has 0 aliphatic rings. The number of rotatable bonds is 2. The van der Waals surface area contributed by atoms with Crippen LogP contribution in [0.25, 0.3) is 0 Å². The second kappa shape index (κ2) is 3.17. The lowest BCUT2D eigenvalue weighted by molar-refractivity contribution is 0.112. The number of phenols is 1. The van der Waals surface area contributed by atoms with E-state index in [1.54, 1.807) is 6.92 Å². The molecule has 0 amide bonds. The van der Waals surface area contributed by atoms with Gasteiger partial charge in [-0.1, -0.05) is 0 Å². The first-order valence-corrected chi connectivity index (χ1v) is 3.43. The Balaban J connectivity index is 3.37. The number of aryl methyl sites for hydroxylation is 1. The predicted octanol–water partition coefficient (Wildman–Crippen LogP) is 1.33. The molecule has 3 nitrogen and oxygen atoms in total. The maximum Gasteiger partial charge on any atom is 0.153 e. The third-order valence-corrected chi connectivity index (χ3v) is 1.62. The van der Waals surface area contributed by atoms with Gasteiger partial charge in [0.1, 0.15) is 12.0 Å². The van der Waals surface area contributed by atoms with Gasteiger partial charge >= 0.3 is 0 Å². The molecule has 1 aromatic carbocycles. The van der Waals surface area contributed by atoms with Gasteiger partial charge in [0, 0.05) is 5.56 Å². The highest BCUT2D eigenvalue weighted by atomic mass is 16.3. The predicted molar refractivity (Wildman–Crippen MR) is 43.6 cm³/mol. The summed E-state index contributed by atoms with van der Waals surface area (Å²) in [7, 11) is 0. The highest BCUT2D eigenvalue weighted by molar-refractivity contribution is 5.85. The molecule has 0 aliphatic carbocycles. The molecule has 0 saturated carbocycles. The molecule has 1 rings (SSSR count). The Kier molecular flexibility index (Phi) is 2.24. The van der Waals surface area contributed by atoms with Gasteiger partial charge in [-0.05, 0) is 24.6 Å². The van der Waals surface area contributed by atoms with Crippen LogP contribution in [-0.4, -0.2) is 17.7 Å². The van der Waals surface area contributed by atoms with E-state index in [9.17, 15) is 14.7 Å². The van der Waals surface area contributed by atoms with Gasteiger partial charge in [-0.2, -0.15) is 0 Å². The lowest BCUT2D eigenvalue weighted by atomic mass is 10.1. The van der Waals surface area contributed by atoms with Crippen molar-refractivity contribution in [3.8, 4) is 5.75 Å². The molecule has 0 spiro atoms. The van der Waals surface area contributed by atoms with E-state index in [4.69, 9.17) is 0 Å². The molecule has 1 N–H and O–H groups in total. The molecule has 0 heterocycles. The van der Waals surface area contributed by atoms with Crippen LogP contribution in [0.1, 0.15) is 26.3 Å². The van der Waals surface area contributed by atoms with Gasteiger partial charge in [0.2, 0.25) is 0 Å². The van der Waals surface area contributed by atoms with E-state index in [2.05, 4.69) is 0 Å². The van der Waals surface area contributed by atoms with Gasteiger partial charge in [-0.25, -0.2) is 0 Å². The van der Waals surface area contributed by atoms with E-state index >= 15 is 0 Å². The Bertz CT molecular complexity index is 329. The number of phenolic OH excluding ortho intramolecular Hbond substituents is 1. The summed E-state index contributed by atoms with van der Waals surface area (Å²) in [6.07, 6.45) is 1.16. The van der Waals surface area contributed by atoms with Gasteiger partial charge in [0.15, 0.2) is 6.29 Å². The van der Waals surface area contributed by atoms with E-state index < -0.39 is 0 Å². The Morgan fingerprint density at radius 1 is 1.25 bits per heavy atom. The van der Waals surface area contributed by atoms with Crippen LogP contribution in [0.4, 0.5) is 0 Å². The molecular formula is C9H8O3. The van der Waals surface area contributed by atoms with E-state index in [0.717, 1.165) is 0 Å². The zero-order valence-electron chi connectivity index (χ0n) is 6.57. The minimum atomic E-state index is -0.0596. The second-order valence-corrected chi connectivity index (χ2v) is 2.51. The molecule has 1 aromatic rings. The van der Waals surface area contributed by atoms with Crippen LogP contribution in [0.15, 0.2) is 12.1 Å². The summed E-state index contributed by atoms with van der Waals surface area (Å²) in [4.78, 5) is 20.7. The van der Waals surface area contributed by atoms with E-state index in [-0.39, 0.29) is 11.3 Å². The number of aromatic hydroxyl groups is 1. The van der Waals surface area contributed by atoms with Crippen LogP contribution in [0, 0.1) is 6.92 Å². The fourth-order valence-electron chi connectivity index (χ4n) is 0.993. The van der Waals surface area contributed by atoms with Crippen molar-refractivity contribution in [2.24, 2.45) is 0 Å². The average Bonchev–Trinajstić information content (AvgIpc) is 2.09. The third kappa shape index (κ3) is 1.34. The first kappa shape index (κ1) is 8.46. The number of benzene rings is 1. The molecule has 0 aromatic heterocycles. The first-order chi connectivity index (χ1) is 5.69. The lowest BCUT2D eigenvalue weighted by Crippen LogP contribution is -1.89.